The van der Waals surface area contributed by atoms with Crippen molar-refractivity contribution < 1.29 is 0 Å². The molecular weight excluding hydrogens is 160 g/mol. The molecule has 2 N–H and O–H groups in total. The average molecular weight is 182 g/mol. The van der Waals surface area contributed by atoms with Crippen LogP contribution in [-0.4, -0.2) is 29.6 Å². The third-order valence-corrected chi connectivity index (χ3v) is 3.90. The molecule has 1 heterocycles. The number of nitrogens with two attached hydrogens (primary N) is 1. The lowest BCUT2D eigenvalue weighted by molar-refractivity contribution is 0.0768. The van der Waals surface area contributed by atoms with Crippen LogP contribution >= 0.6 is 0 Å². The molecule has 2 aliphatic rings. The van der Waals surface area contributed by atoms with Gasteiger partial charge in [-0.05, 0) is 39.2 Å². The molecule has 2 heteroatoms. The lowest BCUT2D eigenvalue weighted by atomic mass is 9.93. The van der Waals surface area contributed by atoms with Crippen LogP contribution in [0, 0.1) is 0 Å². The van der Waals surface area contributed by atoms with E-state index in [1.807, 2.05) is 0 Å². The highest BCUT2D eigenvalue weighted by molar-refractivity contribution is 4.93. The smallest absolute Gasteiger partial charge is 0.0182 e. The Morgan fingerprint density at radius 2 is 1.92 bits per heavy atom. The Labute approximate surface area is 81.5 Å². The van der Waals surface area contributed by atoms with Crippen molar-refractivity contribution >= 4 is 0 Å². The summed E-state index contributed by atoms with van der Waals surface area (Å²) in [6, 6.07) is 0.436. The van der Waals surface area contributed by atoms with Gasteiger partial charge in [-0.15, -0.1) is 0 Å². The number of piperidine rings is 1. The first kappa shape index (κ1) is 9.47. The fourth-order valence-corrected chi connectivity index (χ4v) is 2.95. The Morgan fingerprint density at radius 3 is 2.54 bits per heavy atom. The molecule has 2 rings (SSSR count). The second kappa shape index (κ2) is 3.58. The highest BCUT2D eigenvalue weighted by Gasteiger charge is 2.36. The van der Waals surface area contributed by atoms with Crippen molar-refractivity contribution in [2.45, 2.75) is 57.0 Å². The van der Waals surface area contributed by atoms with E-state index in [4.69, 9.17) is 5.73 Å². The summed E-state index contributed by atoms with van der Waals surface area (Å²) in [7, 11) is 0. The van der Waals surface area contributed by atoms with Crippen LogP contribution in [0.25, 0.3) is 0 Å². The maximum atomic E-state index is 6.01. The standard InChI is InChI=1S/C11H22N2/c1-11(6-2-3-7-11)13-8-4-5-10(12)9-13/h10H,2-9,12H2,1H3/t10-/m1/s1. The number of likely N-dealkylation sites (tertiary alicyclic amines) is 1. The van der Waals surface area contributed by atoms with Crippen LogP contribution in [0.3, 0.4) is 0 Å². The summed E-state index contributed by atoms with van der Waals surface area (Å²) >= 11 is 0. The minimum atomic E-state index is 0.436. The molecule has 1 aliphatic carbocycles. The summed E-state index contributed by atoms with van der Waals surface area (Å²) in [5.74, 6) is 0. The monoisotopic (exact) mass is 182 g/mol. The van der Waals surface area contributed by atoms with E-state index in [0.29, 0.717) is 11.6 Å². The number of hydrogen-bond acceptors (Lipinski definition) is 2. The van der Waals surface area contributed by atoms with Crippen LogP contribution in [0.2, 0.25) is 0 Å². The van der Waals surface area contributed by atoms with Gasteiger partial charge in [0.15, 0.2) is 0 Å². The second-order valence-corrected chi connectivity index (χ2v) is 5.05. The third-order valence-electron chi connectivity index (χ3n) is 3.90. The fourth-order valence-electron chi connectivity index (χ4n) is 2.95. The SMILES string of the molecule is CC1(N2CCC[C@@H](N)C2)CCCC1. The molecule has 0 aromatic rings. The van der Waals surface area contributed by atoms with Gasteiger partial charge in [-0.1, -0.05) is 12.8 Å². The van der Waals surface area contributed by atoms with Gasteiger partial charge in [0.25, 0.3) is 0 Å². The zero-order valence-electron chi connectivity index (χ0n) is 8.76. The van der Waals surface area contributed by atoms with Crippen LogP contribution in [0.5, 0.6) is 0 Å². The van der Waals surface area contributed by atoms with Gasteiger partial charge >= 0.3 is 0 Å². The van der Waals surface area contributed by atoms with Crippen molar-refractivity contribution in [3.05, 3.63) is 0 Å². The van der Waals surface area contributed by atoms with Crippen molar-refractivity contribution in [2.75, 3.05) is 13.1 Å². The van der Waals surface area contributed by atoms with E-state index in [1.165, 1.54) is 45.1 Å². The lowest BCUT2D eigenvalue weighted by Gasteiger charge is -2.43. The van der Waals surface area contributed by atoms with Gasteiger partial charge in [-0.25, -0.2) is 0 Å². The molecule has 0 unspecified atom stereocenters. The number of rotatable bonds is 1. The fraction of sp³-hybridized carbons (Fsp3) is 1.00. The predicted octanol–water partition coefficient (Wildman–Crippen LogP) is 1.74. The molecule has 1 atom stereocenters. The second-order valence-electron chi connectivity index (χ2n) is 5.05. The quantitative estimate of drug-likeness (QED) is 0.669. The van der Waals surface area contributed by atoms with Crippen molar-refractivity contribution in [1.82, 2.24) is 4.90 Å². The van der Waals surface area contributed by atoms with Crippen LogP contribution in [0.15, 0.2) is 0 Å². The molecule has 13 heavy (non-hydrogen) atoms. The first-order chi connectivity index (χ1) is 6.21. The molecule has 0 spiro atoms. The van der Waals surface area contributed by atoms with Crippen molar-refractivity contribution in [1.29, 1.82) is 0 Å². The Hall–Kier alpha value is -0.0800. The molecule has 1 saturated carbocycles. The Morgan fingerprint density at radius 1 is 1.23 bits per heavy atom. The molecule has 0 bridgehead atoms. The Kier molecular flexibility index (Phi) is 2.61. The van der Waals surface area contributed by atoms with E-state index >= 15 is 0 Å². The highest BCUT2D eigenvalue weighted by Crippen LogP contribution is 2.36. The normalized spacial score (nSPS) is 35.1. The largest absolute Gasteiger partial charge is 0.327 e. The van der Waals surface area contributed by atoms with Gasteiger partial charge < -0.3 is 5.73 Å². The average Bonchev–Trinajstić information content (AvgIpc) is 2.54. The Bertz CT molecular complexity index is 173. The first-order valence-electron chi connectivity index (χ1n) is 5.71. The van der Waals surface area contributed by atoms with E-state index in [9.17, 15) is 0 Å². The van der Waals surface area contributed by atoms with E-state index in [2.05, 4.69) is 11.8 Å². The molecule has 0 radical (unpaired) electrons. The van der Waals surface area contributed by atoms with Crippen LogP contribution in [0.1, 0.15) is 45.4 Å². The van der Waals surface area contributed by atoms with Gasteiger partial charge in [-0.3, -0.25) is 4.90 Å². The van der Waals surface area contributed by atoms with Crippen molar-refractivity contribution in [3.63, 3.8) is 0 Å². The van der Waals surface area contributed by atoms with Crippen LogP contribution in [0.4, 0.5) is 0 Å². The third kappa shape index (κ3) is 1.89. The van der Waals surface area contributed by atoms with Crippen molar-refractivity contribution in [2.24, 2.45) is 5.73 Å². The molecular formula is C11H22N2. The van der Waals surface area contributed by atoms with Gasteiger partial charge in [0.1, 0.15) is 0 Å². The maximum Gasteiger partial charge on any atom is 0.0182 e. The lowest BCUT2D eigenvalue weighted by Crippen LogP contribution is -2.52. The molecule has 2 nitrogen and oxygen atoms in total. The van der Waals surface area contributed by atoms with E-state index < -0.39 is 0 Å². The van der Waals surface area contributed by atoms with Gasteiger partial charge in [-0.2, -0.15) is 0 Å². The summed E-state index contributed by atoms with van der Waals surface area (Å²) in [6.45, 7) is 4.85. The van der Waals surface area contributed by atoms with Crippen LogP contribution < -0.4 is 5.73 Å². The summed E-state index contributed by atoms with van der Waals surface area (Å²) < 4.78 is 0. The molecule has 76 valence electrons. The van der Waals surface area contributed by atoms with Gasteiger partial charge in [0.2, 0.25) is 0 Å². The van der Waals surface area contributed by atoms with Gasteiger partial charge in [0.05, 0.1) is 0 Å². The number of nitrogens with zero attached hydrogens (tertiary/aromatic N) is 1. The summed E-state index contributed by atoms with van der Waals surface area (Å²) in [6.07, 6.45) is 8.15. The zero-order chi connectivity index (χ0) is 9.31. The van der Waals surface area contributed by atoms with E-state index in [-0.39, 0.29) is 0 Å². The predicted molar refractivity (Wildman–Crippen MR) is 55.7 cm³/mol. The topological polar surface area (TPSA) is 29.3 Å². The molecule has 0 aromatic heterocycles. The highest BCUT2D eigenvalue weighted by atomic mass is 15.2. The van der Waals surface area contributed by atoms with Gasteiger partial charge in [0, 0.05) is 18.1 Å². The maximum absolute atomic E-state index is 6.01. The Balaban J connectivity index is 1.98. The van der Waals surface area contributed by atoms with E-state index in [0.717, 1.165) is 6.54 Å². The minimum absolute atomic E-state index is 0.436. The van der Waals surface area contributed by atoms with Crippen LogP contribution in [-0.2, 0) is 0 Å². The summed E-state index contributed by atoms with van der Waals surface area (Å²) in [4.78, 5) is 2.65. The van der Waals surface area contributed by atoms with E-state index in [1.54, 1.807) is 0 Å². The molecule has 0 aromatic carbocycles. The first-order valence-corrected chi connectivity index (χ1v) is 5.71. The molecule has 1 aliphatic heterocycles. The molecule has 0 amide bonds. The molecule has 2 fully saturated rings. The molecule has 1 saturated heterocycles. The van der Waals surface area contributed by atoms with Crippen molar-refractivity contribution in [3.8, 4) is 0 Å². The zero-order valence-corrected chi connectivity index (χ0v) is 8.76. The summed E-state index contributed by atoms with van der Waals surface area (Å²) in [5.41, 5.74) is 6.51. The number of hydrogen-bond donors (Lipinski definition) is 1. The minimum Gasteiger partial charge on any atom is -0.327 e. The summed E-state index contributed by atoms with van der Waals surface area (Å²) in [5, 5.41) is 0.